The zero-order valence-corrected chi connectivity index (χ0v) is 32.8. The highest BCUT2D eigenvalue weighted by Crippen LogP contribution is 2.44. The van der Waals surface area contributed by atoms with Crippen LogP contribution < -0.4 is 20.1 Å². The number of benzene rings is 2. The number of halogens is 2. The lowest BCUT2D eigenvalue weighted by atomic mass is 10.0. The Kier molecular flexibility index (Phi) is 15.9. The maximum absolute atomic E-state index is 15.6. The molecule has 2 aromatic carbocycles. The van der Waals surface area contributed by atoms with Gasteiger partial charge in [0.15, 0.2) is 17.3 Å². The van der Waals surface area contributed by atoms with E-state index in [0.29, 0.717) is 88.1 Å². The van der Waals surface area contributed by atoms with Gasteiger partial charge in [-0.2, -0.15) is 0 Å². The van der Waals surface area contributed by atoms with Crippen molar-refractivity contribution in [1.29, 1.82) is 0 Å². The molecule has 12 nitrogen and oxygen atoms in total. The Morgan fingerprint density at radius 3 is 2.57 bits per heavy atom. The zero-order valence-electron chi connectivity index (χ0n) is 31.2. The van der Waals surface area contributed by atoms with Crippen LogP contribution >= 0.6 is 11.6 Å². The van der Waals surface area contributed by atoms with E-state index in [-0.39, 0.29) is 28.8 Å². The summed E-state index contributed by atoms with van der Waals surface area (Å²) >= 11 is 6.39. The van der Waals surface area contributed by atoms with Crippen LogP contribution in [-0.4, -0.2) is 101 Å². The molecule has 0 saturated carbocycles. The number of Topliss-reactive ketones (excluding diaryl/α,β-unsaturated/α-hetero) is 1. The summed E-state index contributed by atoms with van der Waals surface area (Å²) in [6, 6.07) is 6.50. The lowest BCUT2D eigenvalue weighted by Gasteiger charge is -2.36. The molecule has 3 N–H and O–H groups in total. The molecule has 2 heterocycles. The van der Waals surface area contributed by atoms with Gasteiger partial charge in [0.25, 0.3) is 0 Å². The first-order chi connectivity index (χ1) is 26.1. The topological polar surface area (TPSA) is 134 Å². The Labute approximate surface area is 324 Å². The van der Waals surface area contributed by atoms with Crippen molar-refractivity contribution < 1.29 is 31.9 Å². The van der Waals surface area contributed by atoms with Gasteiger partial charge in [-0.3, -0.25) is 14.6 Å². The molecule has 0 aromatic heterocycles. The normalized spacial score (nSPS) is 20.4. The molecule has 2 amide bonds. The number of nitrogens with one attached hydrogen (secondary N) is 3. The Morgan fingerprint density at radius 2 is 1.81 bits per heavy atom. The van der Waals surface area contributed by atoms with E-state index in [9.17, 15) is 18.0 Å². The van der Waals surface area contributed by atoms with Crippen molar-refractivity contribution in [1.82, 2.24) is 25.2 Å². The Bertz CT molecular complexity index is 1740. The molecular weight excluding hydrogens is 735 g/mol. The molecule has 2 aromatic rings. The molecule has 54 heavy (non-hydrogen) atoms. The number of carbonyl (C=O) groups excluding carboxylic acids is 2. The SMILES string of the molecule is [C-]#[N+]c1cc(Cl)cc2c1C[C@H](N1CCCCC1)[C@H]2Oc1ccc(S(=O)(=O)N[C@H]2CCN(CCOCCNC(=O)NCCCCCC(=O)CCC)C2)cc1F. The summed E-state index contributed by atoms with van der Waals surface area (Å²) in [5.74, 6) is -0.526. The number of unbranched alkanes of at least 4 members (excludes halogenated alkanes) is 2. The van der Waals surface area contributed by atoms with Crippen molar-refractivity contribution in [3.05, 3.63) is 63.7 Å². The molecule has 5 rings (SSSR count). The standard InChI is InChI=1S/C39H54ClFN6O6S/c1-3-10-30(48)11-6-4-7-15-43-39(49)44-16-21-52-22-20-46-19-14-29(27-46)45-54(50,51)31-12-13-37(34(41)25-31)53-38-33-23-28(40)24-35(42-2)32(33)26-36(38)47-17-8-5-9-18-47/h12-13,23-25,29,36,38,45H,3-11,14-22,26-27H2,1H3,(H2,43,44,49)/t29-,36-,38-/m0/s1. The molecule has 1 aliphatic carbocycles. The first kappa shape index (κ1) is 41.8. The number of hydrogen-bond donors (Lipinski definition) is 3. The number of likely N-dealkylation sites (tertiary alicyclic amines) is 2. The summed E-state index contributed by atoms with van der Waals surface area (Å²) in [5.41, 5.74) is 2.11. The number of hydrogen-bond acceptors (Lipinski definition) is 8. The van der Waals surface area contributed by atoms with Crippen molar-refractivity contribution in [3.63, 3.8) is 0 Å². The molecule has 0 bridgehead atoms. The Balaban J connectivity index is 1.03. The zero-order chi connectivity index (χ0) is 38.5. The van der Waals surface area contributed by atoms with Gasteiger partial charge in [0, 0.05) is 50.1 Å². The van der Waals surface area contributed by atoms with Crippen LogP contribution in [0.4, 0.5) is 14.9 Å². The van der Waals surface area contributed by atoms with E-state index < -0.39 is 21.9 Å². The summed E-state index contributed by atoms with van der Waals surface area (Å²) in [6.45, 7) is 15.0. The van der Waals surface area contributed by atoms with Gasteiger partial charge in [-0.15, -0.1) is 0 Å². The van der Waals surface area contributed by atoms with Gasteiger partial charge < -0.3 is 20.1 Å². The number of ether oxygens (including phenoxy) is 2. The number of nitrogens with zero attached hydrogens (tertiary/aromatic N) is 3. The summed E-state index contributed by atoms with van der Waals surface area (Å²) < 4.78 is 57.0. The molecular formula is C39H54ClFN6O6S. The number of fused-ring (bicyclic) bond motifs is 1. The maximum atomic E-state index is 15.6. The second-order valence-electron chi connectivity index (χ2n) is 14.4. The Morgan fingerprint density at radius 1 is 1.02 bits per heavy atom. The lowest BCUT2D eigenvalue weighted by molar-refractivity contribution is -0.119. The molecule has 0 spiro atoms. The van der Waals surface area contributed by atoms with Gasteiger partial charge in [-0.1, -0.05) is 31.4 Å². The number of amides is 2. The van der Waals surface area contributed by atoms with Gasteiger partial charge >= 0.3 is 6.03 Å². The van der Waals surface area contributed by atoms with E-state index in [1.54, 1.807) is 12.1 Å². The minimum absolute atomic E-state index is 0.0517. The van der Waals surface area contributed by atoms with Crippen LogP contribution in [-0.2, 0) is 26.0 Å². The van der Waals surface area contributed by atoms with Crippen molar-refractivity contribution in [2.75, 3.05) is 59.0 Å². The van der Waals surface area contributed by atoms with Crippen LogP contribution in [0.25, 0.3) is 4.85 Å². The minimum atomic E-state index is -4.00. The maximum Gasteiger partial charge on any atom is 0.314 e. The van der Waals surface area contributed by atoms with E-state index in [0.717, 1.165) is 75.2 Å². The van der Waals surface area contributed by atoms with Crippen LogP contribution in [0.15, 0.2) is 35.2 Å². The summed E-state index contributed by atoms with van der Waals surface area (Å²) in [7, 11) is -4.00. The molecule has 3 atom stereocenters. The second kappa shape index (κ2) is 20.6. The average molecular weight is 789 g/mol. The molecule has 2 saturated heterocycles. The fourth-order valence-electron chi connectivity index (χ4n) is 7.58. The fraction of sp³-hybridized carbons (Fsp3) is 0.615. The van der Waals surface area contributed by atoms with Crippen molar-refractivity contribution in [2.45, 2.75) is 101 Å². The predicted octanol–water partition coefficient (Wildman–Crippen LogP) is 6.16. The second-order valence-corrected chi connectivity index (χ2v) is 16.6. The summed E-state index contributed by atoms with van der Waals surface area (Å²) in [6.07, 6.45) is 8.63. The van der Waals surface area contributed by atoms with E-state index in [4.69, 9.17) is 27.6 Å². The van der Waals surface area contributed by atoms with Crippen molar-refractivity contribution >= 4 is 39.1 Å². The third-order valence-electron chi connectivity index (χ3n) is 10.4. The molecule has 3 aliphatic rings. The predicted molar refractivity (Wildman–Crippen MR) is 206 cm³/mol. The number of carbonyl (C=O) groups is 2. The summed E-state index contributed by atoms with van der Waals surface area (Å²) in [4.78, 5) is 31.5. The highest BCUT2D eigenvalue weighted by atomic mass is 35.5. The van der Waals surface area contributed by atoms with Crippen molar-refractivity contribution in [2.24, 2.45) is 0 Å². The lowest BCUT2D eigenvalue weighted by Crippen LogP contribution is -2.43. The van der Waals surface area contributed by atoms with E-state index in [1.807, 2.05) is 6.92 Å². The number of sulfonamides is 1. The highest BCUT2D eigenvalue weighted by molar-refractivity contribution is 7.89. The van der Waals surface area contributed by atoms with Crippen LogP contribution in [0.1, 0.15) is 88.4 Å². The van der Waals surface area contributed by atoms with Crippen LogP contribution in [0.5, 0.6) is 5.75 Å². The van der Waals surface area contributed by atoms with E-state index >= 15 is 4.39 Å². The number of rotatable bonds is 20. The molecule has 0 radical (unpaired) electrons. The van der Waals surface area contributed by atoms with Crippen LogP contribution in [0.2, 0.25) is 5.02 Å². The molecule has 0 unspecified atom stereocenters. The minimum Gasteiger partial charge on any atom is -0.481 e. The molecule has 2 fully saturated rings. The van der Waals surface area contributed by atoms with Gasteiger partial charge in [0.05, 0.1) is 30.7 Å². The largest absolute Gasteiger partial charge is 0.481 e. The average Bonchev–Trinajstić information content (AvgIpc) is 3.75. The Hall–Kier alpha value is -3.32. The monoisotopic (exact) mass is 788 g/mol. The highest BCUT2D eigenvalue weighted by Gasteiger charge is 2.40. The molecule has 15 heteroatoms. The van der Waals surface area contributed by atoms with Crippen LogP contribution in [0.3, 0.4) is 0 Å². The smallest absolute Gasteiger partial charge is 0.314 e. The van der Waals surface area contributed by atoms with Crippen molar-refractivity contribution in [3.8, 4) is 5.75 Å². The van der Waals surface area contributed by atoms with E-state index in [2.05, 4.69) is 30.0 Å². The number of piperidine rings is 1. The van der Waals surface area contributed by atoms with E-state index in [1.165, 1.54) is 12.1 Å². The first-order valence-electron chi connectivity index (χ1n) is 19.3. The van der Waals surface area contributed by atoms with Gasteiger partial charge in [-0.05, 0) is 106 Å². The first-order valence-corrected chi connectivity index (χ1v) is 21.2. The molecule has 296 valence electrons. The summed E-state index contributed by atoms with van der Waals surface area (Å²) in [5, 5.41) is 6.00. The number of urea groups is 1. The van der Waals surface area contributed by atoms with Gasteiger partial charge in [0.1, 0.15) is 11.9 Å². The quantitative estimate of drug-likeness (QED) is 0.107. The van der Waals surface area contributed by atoms with Gasteiger partial charge in [0.2, 0.25) is 10.0 Å². The van der Waals surface area contributed by atoms with Gasteiger partial charge in [-0.25, -0.2) is 27.2 Å². The third-order valence-corrected chi connectivity index (χ3v) is 12.1. The molecule has 2 aliphatic heterocycles. The third kappa shape index (κ3) is 11.8. The fourth-order valence-corrected chi connectivity index (χ4v) is 9.07. The van der Waals surface area contributed by atoms with Crippen LogP contribution in [0, 0.1) is 12.4 Å². The number of ketones is 1.